The van der Waals surface area contributed by atoms with E-state index < -0.39 is 0 Å². The van der Waals surface area contributed by atoms with Crippen LogP contribution in [0.1, 0.15) is 20.8 Å². The first kappa shape index (κ1) is 8.82. The molecule has 9 heavy (non-hydrogen) atoms. The zero-order chi connectivity index (χ0) is 7.11. The smallest absolute Gasteiger partial charge is 0.114 e. The van der Waals surface area contributed by atoms with Gasteiger partial charge in [-0.2, -0.15) is 0 Å². The summed E-state index contributed by atoms with van der Waals surface area (Å²) in [5, 5.41) is 4.81. The molecule has 0 fully saturated rings. The fraction of sp³-hybridized carbons (Fsp3) is 0.833. The second kappa shape index (κ2) is 5.95. The van der Waals surface area contributed by atoms with Gasteiger partial charge in [0.25, 0.3) is 0 Å². The fourth-order valence-electron chi connectivity index (χ4n) is 0.391. The summed E-state index contributed by atoms with van der Waals surface area (Å²) in [6.07, 6.45) is 0. The number of hydrogen-bond acceptors (Lipinski definition) is 3. The molecule has 0 saturated heterocycles. The molecule has 0 aromatic carbocycles. The van der Waals surface area contributed by atoms with E-state index in [0.717, 1.165) is 10.8 Å². The Kier molecular flexibility index (Phi) is 5.83. The van der Waals surface area contributed by atoms with Gasteiger partial charge in [-0.05, 0) is 19.6 Å². The molecule has 0 aromatic rings. The maximum atomic E-state index is 4.81. The minimum Gasteiger partial charge on any atom is -0.395 e. The number of thioether (sulfide) groups is 1. The SMILES string of the molecule is CCO/N=C(\C)SCC. The molecule has 0 aromatic heterocycles. The lowest BCUT2D eigenvalue weighted by Crippen LogP contribution is -1.87. The van der Waals surface area contributed by atoms with Crippen LogP contribution in [0.4, 0.5) is 0 Å². The lowest BCUT2D eigenvalue weighted by Gasteiger charge is -1.95. The van der Waals surface area contributed by atoms with Crippen LogP contribution in [0.5, 0.6) is 0 Å². The van der Waals surface area contributed by atoms with E-state index in [0.29, 0.717) is 6.61 Å². The van der Waals surface area contributed by atoms with Gasteiger partial charge in [-0.15, -0.1) is 11.8 Å². The molecule has 0 radical (unpaired) electrons. The molecule has 0 rings (SSSR count). The Hall–Kier alpha value is -0.180. The van der Waals surface area contributed by atoms with Crippen LogP contribution in [0, 0.1) is 0 Å². The summed E-state index contributed by atoms with van der Waals surface area (Å²) < 4.78 is 0. The predicted molar refractivity (Wildman–Crippen MR) is 42.9 cm³/mol. The van der Waals surface area contributed by atoms with Crippen molar-refractivity contribution in [3.05, 3.63) is 0 Å². The van der Waals surface area contributed by atoms with E-state index in [1.165, 1.54) is 0 Å². The quantitative estimate of drug-likeness (QED) is 0.346. The van der Waals surface area contributed by atoms with Crippen molar-refractivity contribution in [2.45, 2.75) is 20.8 Å². The first-order valence-electron chi connectivity index (χ1n) is 3.10. The second-order valence-electron chi connectivity index (χ2n) is 1.46. The van der Waals surface area contributed by atoms with Crippen molar-refractivity contribution in [3.8, 4) is 0 Å². The van der Waals surface area contributed by atoms with E-state index >= 15 is 0 Å². The minimum absolute atomic E-state index is 0.654. The van der Waals surface area contributed by atoms with Crippen LogP contribution < -0.4 is 0 Å². The van der Waals surface area contributed by atoms with E-state index in [-0.39, 0.29) is 0 Å². The summed E-state index contributed by atoms with van der Waals surface area (Å²) >= 11 is 1.70. The molecule has 2 nitrogen and oxygen atoms in total. The number of nitrogens with zero attached hydrogens (tertiary/aromatic N) is 1. The maximum Gasteiger partial charge on any atom is 0.114 e. The monoisotopic (exact) mass is 147 g/mol. The Morgan fingerprint density at radius 1 is 1.56 bits per heavy atom. The van der Waals surface area contributed by atoms with Crippen molar-refractivity contribution in [2.75, 3.05) is 12.4 Å². The molecule has 3 heteroatoms. The highest BCUT2D eigenvalue weighted by molar-refractivity contribution is 8.13. The molecule has 0 unspecified atom stereocenters. The third-order valence-electron chi connectivity index (χ3n) is 0.675. The van der Waals surface area contributed by atoms with Crippen LogP contribution in [0.15, 0.2) is 5.16 Å². The lowest BCUT2D eigenvalue weighted by atomic mass is 10.9. The van der Waals surface area contributed by atoms with E-state index in [9.17, 15) is 0 Å². The Morgan fingerprint density at radius 2 is 2.22 bits per heavy atom. The number of rotatable bonds is 3. The van der Waals surface area contributed by atoms with Gasteiger partial charge < -0.3 is 4.84 Å². The first-order valence-corrected chi connectivity index (χ1v) is 4.09. The summed E-state index contributed by atoms with van der Waals surface area (Å²) in [6.45, 7) is 6.62. The van der Waals surface area contributed by atoms with E-state index in [1.54, 1.807) is 11.8 Å². The van der Waals surface area contributed by atoms with Gasteiger partial charge in [-0.25, -0.2) is 0 Å². The van der Waals surface area contributed by atoms with Crippen LogP contribution in [0.3, 0.4) is 0 Å². The first-order chi connectivity index (χ1) is 4.31. The Balaban J connectivity index is 3.30. The molecule has 0 spiro atoms. The molecule has 0 N–H and O–H groups in total. The molecule has 0 amide bonds. The zero-order valence-electron chi connectivity index (χ0n) is 6.18. The molecule has 54 valence electrons. The zero-order valence-corrected chi connectivity index (χ0v) is 6.99. The molecule has 0 atom stereocenters. The largest absolute Gasteiger partial charge is 0.395 e. The van der Waals surface area contributed by atoms with Gasteiger partial charge in [-0.1, -0.05) is 12.1 Å². The summed E-state index contributed by atoms with van der Waals surface area (Å²) in [7, 11) is 0. The lowest BCUT2D eigenvalue weighted by molar-refractivity contribution is 0.159. The van der Waals surface area contributed by atoms with Crippen molar-refractivity contribution >= 4 is 16.8 Å². The topological polar surface area (TPSA) is 21.6 Å². The van der Waals surface area contributed by atoms with Crippen LogP contribution in [0.2, 0.25) is 0 Å². The second-order valence-corrected chi connectivity index (χ2v) is 2.92. The van der Waals surface area contributed by atoms with Crippen molar-refractivity contribution in [3.63, 3.8) is 0 Å². The number of hydrogen-bond donors (Lipinski definition) is 0. The molecule has 0 aliphatic heterocycles. The van der Waals surface area contributed by atoms with Crippen LogP contribution in [0.25, 0.3) is 0 Å². The summed E-state index contributed by atoms with van der Waals surface area (Å²) in [5.74, 6) is 1.06. The van der Waals surface area contributed by atoms with Crippen molar-refractivity contribution in [2.24, 2.45) is 5.16 Å². The minimum atomic E-state index is 0.654. The maximum absolute atomic E-state index is 4.81. The average molecular weight is 147 g/mol. The van der Waals surface area contributed by atoms with Crippen molar-refractivity contribution in [1.29, 1.82) is 0 Å². The summed E-state index contributed by atoms with van der Waals surface area (Å²) in [5.41, 5.74) is 0. The summed E-state index contributed by atoms with van der Waals surface area (Å²) in [4.78, 5) is 4.81. The molecule has 0 aliphatic rings. The van der Waals surface area contributed by atoms with Gasteiger partial charge in [0, 0.05) is 0 Å². The highest BCUT2D eigenvalue weighted by atomic mass is 32.2. The normalized spacial score (nSPS) is 11.7. The fourth-order valence-corrected chi connectivity index (χ4v) is 0.914. The standard InChI is InChI=1S/C6H13NOS/c1-4-8-7-6(3)9-5-2/h4-5H2,1-3H3/b7-6+. The third kappa shape index (κ3) is 5.69. The molecule has 0 heterocycles. The third-order valence-corrected chi connectivity index (χ3v) is 1.46. The van der Waals surface area contributed by atoms with Gasteiger partial charge in [0.2, 0.25) is 0 Å². The van der Waals surface area contributed by atoms with Crippen molar-refractivity contribution < 1.29 is 4.84 Å². The van der Waals surface area contributed by atoms with Gasteiger partial charge in [-0.3, -0.25) is 0 Å². The van der Waals surface area contributed by atoms with E-state index in [4.69, 9.17) is 4.84 Å². The predicted octanol–water partition coefficient (Wildman–Crippen LogP) is 2.11. The molecule has 0 bridgehead atoms. The van der Waals surface area contributed by atoms with Gasteiger partial charge in [0.05, 0.1) is 0 Å². The van der Waals surface area contributed by atoms with Crippen molar-refractivity contribution in [1.82, 2.24) is 0 Å². The average Bonchev–Trinajstić information content (AvgIpc) is 1.85. The molecular formula is C6H13NOS. The van der Waals surface area contributed by atoms with Gasteiger partial charge in [0.15, 0.2) is 0 Å². The van der Waals surface area contributed by atoms with E-state index in [1.807, 2.05) is 13.8 Å². The Morgan fingerprint density at radius 3 is 2.67 bits per heavy atom. The van der Waals surface area contributed by atoms with Gasteiger partial charge >= 0.3 is 0 Å². The Labute approximate surface area is 60.6 Å². The molecule has 0 aliphatic carbocycles. The molecule has 0 saturated carbocycles. The van der Waals surface area contributed by atoms with Gasteiger partial charge in [0.1, 0.15) is 11.7 Å². The highest BCUT2D eigenvalue weighted by Crippen LogP contribution is 2.01. The highest BCUT2D eigenvalue weighted by Gasteiger charge is 1.87. The molecular weight excluding hydrogens is 134 g/mol. The Bertz CT molecular complexity index is 93.1. The van der Waals surface area contributed by atoms with Crippen LogP contribution in [-0.2, 0) is 4.84 Å². The van der Waals surface area contributed by atoms with E-state index in [2.05, 4.69) is 12.1 Å². The van der Waals surface area contributed by atoms with Crippen LogP contribution in [-0.4, -0.2) is 17.4 Å². The summed E-state index contributed by atoms with van der Waals surface area (Å²) in [6, 6.07) is 0. The number of oxime groups is 1. The van der Waals surface area contributed by atoms with Crippen LogP contribution >= 0.6 is 11.8 Å².